The first-order valence-corrected chi connectivity index (χ1v) is 7.98. The van der Waals surface area contributed by atoms with Crippen LogP contribution >= 0.6 is 11.3 Å². The van der Waals surface area contributed by atoms with Crippen molar-refractivity contribution in [2.75, 3.05) is 6.54 Å². The first-order chi connectivity index (χ1) is 10.7. The Morgan fingerprint density at radius 1 is 1.18 bits per heavy atom. The van der Waals surface area contributed by atoms with E-state index in [-0.39, 0.29) is 5.91 Å². The van der Waals surface area contributed by atoms with Gasteiger partial charge < -0.3 is 9.88 Å². The highest BCUT2D eigenvalue weighted by atomic mass is 32.1. The maximum atomic E-state index is 12.3. The average molecular weight is 311 g/mol. The summed E-state index contributed by atoms with van der Waals surface area (Å²) in [5.74, 6) is -0.0515. The molecule has 0 spiro atoms. The maximum Gasteiger partial charge on any atom is 0.263 e. The number of aryl methyl sites for hydroxylation is 1. The number of amides is 1. The third-order valence-corrected chi connectivity index (χ3v) is 4.53. The van der Waals surface area contributed by atoms with Crippen LogP contribution in [0.1, 0.15) is 20.9 Å². The van der Waals surface area contributed by atoms with Gasteiger partial charge in [0.05, 0.1) is 5.69 Å². The van der Waals surface area contributed by atoms with Gasteiger partial charge in [0.25, 0.3) is 5.91 Å². The molecular formula is C17H17N3OS. The van der Waals surface area contributed by atoms with E-state index in [2.05, 4.69) is 22.4 Å². The number of nitrogens with one attached hydrogen (secondary N) is 1. The third-order valence-electron chi connectivity index (χ3n) is 3.36. The molecule has 0 saturated carbocycles. The molecule has 0 unspecified atom stereocenters. The molecule has 0 fully saturated rings. The zero-order valence-electron chi connectivity index (χ0n) is 12.3. The highest BCUT2D eigenvalue weighted by molar-refractivity contribution is 7.16. The lowest BCUT2D eigenvalue weighted by atomic mass is 10.1. The second-order valence-electron chi connectivity index (χ2n) is 4.99. The Hall–Kier alpha value is -2.40. The second kappa shape index (κ2) is 6.58. The molecule has 1 aromatic carbocycles. The predicted molar refractivity (Wildman–Crippen MR) is 88.7 cm³/mol. The number of aromatic nitrogens is 2. The molecule has 0 saturated heterocycles. The van der Waals surface area contributed by atoms with Crippen molar-refractivity contribution in [3.63, 3.8) is 0 Å². The van der Waals surface area contributed by atoms with Crippen LogP contribution in [-0.2, 0) is 6.42 Å². The second-order valence-corrected chi connectivity index (χ2v) is 5.97. The van der Waals surface area contributed by atoms with Gasteiger partial charge in [0.2, 0.25) is 0 Å². The Kier molecular flexibility index (Phi) is 4.34. The number of benzene rings is 1. The van der Waals surface area contributed by atoms with Crippen LogP contribution in [0.2, 0.25) is 0 Å². The van der Waals surface area contributed by atoms with E-state index in [0.717, 1.165) is 17.2 Å². The number of thiazole rings is 1. The molecule has 2 heterocycles. The zero-order chi connectivity index (χ0) is 15.4. The Bertz CT molecular complexity index is 748. The molecule has 3 rings (SSSR count). The molecular weight excluding hydrogens is 294 g/mol. The van der Waals surface area contributed by atoms with Gasteiger partial charge in [-0.3, -0.25) is 4.79 Å². The molecule has 0 bridgehead atoms. The zero-order valence-corrected chi connectivity index (χ0v) is 13.1. The van der Waals surface area contributed by atoms with Crippen molar-refractivity contribution in [2.45, 2.75) is 13.3 Å². The number of rotatable bonds is 5. The van der Waals surface area contributed by atoms with Gasteiger partial charge in [0.15, 0.2) is 5.13 Å². The van der Waals surface area contributed by atoms with Gasteiger partial charge in [-0.2, -0.15) is 0 Å². The molecule has 0 atom stereocenters. The van der Waals surface area contributed by atoms with Crippen LogP contribution in [0, 0.1) is 6.92 Å². The Balaban J connectivity index is 1.63. The standard InChI is InChI=1S/C17H17N3OS/c1-13-15(22-17(19-13)20-11-5-6-12-20)16(21)18-10-9-14-7-3-2-4-8-14/h2-8,11-12H,9-10H2,1H3,(H,18,21). The molecule has 22 heavy (non-hydrogen) atoms. The maximum absolute atomic E-state index is 12.3. The fraction of sp³-hybridized carbons (Fsp3) is 0.176. The first kappa shape index (κ1) is 14.5. The number of carbonyl (C=O) groups is 1. The molecule has 0 aliphatic carbocycles. The van der Waals surface area contributed by atoms with Gasteiger partial charge in [-0.15, -0.1) is 0 Å². The highest BCUT2D eigenvalue weighted by Gasteiger charge is 2.15. The Morgan fingerprint density at radius 2 is 1.91 bits per heavy atom. The van der Waals surface area contributed by atoms with Crippen molar-refractivity contribution in [3.8, 4) is 5.13 Å². The molecule has 5 heteroatoms. The smallest absolute Gasteiger partial charge is 0.263 e. The van der Waals surface area contributed by atoms with Crippen LogP contribution in [0.15, 0.2) is 54.9 Å². The van der Waals surface area contributed by atoms with Crippen molar-refractivity contribution >= 4 is 17.2 Å². The van der Waals surface area contributed by atoms with Gasteiger partial charge in [0.1, 0.15) is 4.88 Å². The quantitative estimate of drug-likeness (QED) is 0.786. The minimum atomic E-state index is -0.0515. The number of hydrogen-bond acceptors (Lipinski definition) is 3. The van der Waals surface area contributed by atoms with E-state index in [1.165, 1.54) is 16.9 Å². The molecule has 3 aromatic rings. The summed E-state index contributed by atoms with van der Waals surface area (Å²) in [5, 5.41) is 3.78. The van der Waals surface area contributed by atoms with Crippen molar-refractivity contribution in [2.24, 2.45) is 0 Å². The molecule has 1 amide bonds. The third kappa shape index (κ3) is 3.26. The van der Waals surface area contributed by atoms with E-state index >= 15 is 0 Å². The van der Waals surface area contributed by atoms with Gasteiger partial charge in [0, 0.05) is 18.9 Å². The van der Waals surface area contributed by atoms with Gasteiger partial charge >= 0.3 is 0 Å². The summed E-state index contributed by atoms with van der Waals surface area (Å²) >= 11 is 1.41. The van der Waals surface area contributed by atoms with Gasteiger partial charge in [-0.25, -0.2) is 4.98 Å². The topological polar surface area (TPSA) is 46.9 Å². The van der Waals surface area contributed by atoms with Crippen LogP contribution < -0.4 is 5.32 Å². The normalized spacial score (nSPS) is 10.6. The SMILES string of the molecule is Cc1nc(-n2cccc2)sc1C(=O)NCCc1ccccc1. The van der Waals surface area contributed by atoms with E-state index in [4.69, 9.17) is 0 Å². The Labute approximate surface area is 133 Å². The van der Waals surface area contributed by atoms with Crippen LogP contribution in [0.5, 0.6) is 0 Å². The minimum absolute atomic E-state index is 0.0515. The highest BCUT2D eigenvalue weighted by Crippen LogP contribution is 2.21. The fourth-order valence-corrected chi connectivity index (χ4v) is 3.16. The van der Waals surface area contributed by atoms with E-state index in [0.29, 0.717) is 11.4 Å². The largest absolute Gasteiger partial charge is 0.351 e. The summed E-state index contributed by atoms with van der Waals surface area (Å²) in [6.45, 7) is 2.49. The summed E-state index contributed by atoms with van der Waals surface area (Å²) in [7, 11) is 0. The lowest BCUT2D eigenvalue weighted by Crippen LogP contribution is -2.25. The van der Waals surface area contributed by atoms with Crippen LogP contribution in [0.4, 0.5) is 0 Å². The number of carbonyl (C=O) groups excluding carboxylic acids is 1. The number of nitrogens with zero attached hydrogens (tertiary/aromatic N) is 2. The van der Waals surface area contributed by atoms with E-state index in [1.54, 1.807) is 0 Å². The lowest BCUT2D eigenvalue weighted by Gasteiger charge is -2.04. The summed E-state index contributed by atoms with van der Waals surface area (Å²) < 4.78 is 1.92. The van der Waals surface area contributed by atoms with Crippen molar-refractivity contribution < 1.29 is 4.79 Å². The van der Waals surface area contributed by atoms with Crippen molar-refractivity contribution in [1.29, 1.82) is 0 Å². The summed E-state index contributed by atoms with van der Waals surface area (Å²) in [4.78, 5) is 17.4. The van der Waals surface area contributed by atoms with Crippen LogP contribution in [-0.4, -0.2) is 22.0 Å². The lowest BCUT2D eigenvalue weighted by molar-refractivity contribution is 0.0957. The van der Waals surface area contributed by atoms with E-state index in [1.807, 2.05) is 54.2 Å². The summed E-state index contributed by atoms with van der Waals surface area (Å²) in [6.07, 6.45) is 4.68. The van der Waals surface area contributed by atoms with Crippen LogP contribution in [0.25, 0.3) is 5.13 Å². The van der Waals surface area contributed by atoms with Crippen molar-refractivity contribution in [1.82, 2.24) is 14.9 Å². The van der Waals surface area contributed by atoms with Crippen molar-refractivity contribution in [3.05, 3.63) is 71.0 Å². The average Bonchev–Trinajstić information content (AvgIpc) is 3.17. The predicted octanol–water partition coefficient (Wildman–Crippen LogP) is 3.21. The van der Waals surface area contributed by atoms with Crippen LogP contribution in [0.3, 0.4) is 0 Å². The summed E-state index contributed by atoms with van der Waals surface area (Å²) in [5.41, 5.74) is 1.99. The molecule has 0 aliphatic heterocycles. The fourth-order valence-electron chi connectivity index (χ4n) is 2.21. The summed E-state index contributed by atoms with van der Waals surface area (Å²) in [6, 6.07) is 14.0. The molecule has 2 aromatic heterocycles. The minimum Gasteiger partial charge on any atom is -0.351 e. The number of hydrogen-bond donors (Lipinski definition) is 1. The molecule has 112 valence electrons. The van der Waals surface area contributed by atoms with E-state index < -0.39 is 0 Å². The van der Waals surface area contributed by atoms with Gasteiger partial charge in [-0.05, 0) is 31.0 Å². The molecule has 1 N–H and O–H groups in total. The monoisotopic (exact) mass is 311 g/mol. The molecule has 0 aliphatic rings. The van der Waals surface area contributed by atoms with Gasteiger partial charge in [-0.1, -0.05) is 41.7 Å². The molecule has 4 nitrogen and oxygen atoms in total. The van der Waals surface area contributed by atoms with E-state index in [9.17, 15) is 4.79 Å². The molecule has 0 radical (unpaired) electrons. The first-order valence-electron chi connectivity index (χ1n) is 7.17. The Morgan fingerprint density at radius 3 is 2.64 bits per heavy atom.